The maximum absolute atomic E-state index is 4.26. The molecule has 0 atom stereocenters. The molecule has 1 nitrogen and oxygen atoms in total. The monoisotopic (exact) mass is 193 g/mol. The topological polar surface area (TPSA) is 12.9 Å². The molecule has 0 saturated heterocycles. The van der Waals surface area contributed by atoms with Crippen molar-refractivity contribution in [3.8, 4) is 0 Å². The lowest BCUT2D eigenvalue weighted by atomic mass is 10.1. The summed E-state index contributed by atoms with van der Waals surface area (Å²) in [6, 6.07) is 4.32. The molecule has 0 saturated carbocycles. The lowest BCUT2D eigenvalue weighted by molar-refractivity contribution is 1.41. The number of aryl methyl sites for hydroxylation is 2. The molecule has 13 heavy (non-hydrogen) atoms. The third-order valence-corrected chi connectivity index (χ3v) is 2.74. The van der Waals surface area contributed by atoms with E-state index < -0.39 is 0 Å². The van der Waals surface area contributed by atoms with Gasteiger partial charge in [-0.1, -0.05) is 19.9 Å². The zero-order valence-electron chi connectivity index (χ0n) is 8.59. The number of rotatable bonds is 0. The molecule has 0 unspecified atom stereocenters. The van der Waals surface area contributed by atoms with Gasteiger partial charge in [0.05, 0.1) is 15.7 Å². The number of nitrogens with zero attached hydrogens (tertiary/aromatic N) is 1. The Hall–Kier alpha value is -0.890. The molecule has 1 aromatic heterocycles. The Kier molecular flexibility index (Phi) is 3.43. The lowest BCUT2D eigenvalue weighted by Gasteiger charge is -1.95. The number of hydrogen-bond acceptors (Lipinski definition) is 2. The first-order chi connectivity index (χ1) is 6.27. The fraction of sp³-hybridized carbons (Fsp3) is 0.364. The lowest BCUT2D eigenvalue weighted by Crippen LogP contribution is -1.76. The molecule has 0 radical (unpaired) electrons. The van der Waals surface area contributed by atoms with Gasteiger partial charge in [0.15, 0.2) is 0 Å². The third kappa shape index (κ3) is 2.07. The van der Waals surface area contributed by atoms with Gasteiger partial charge in [-0.25, -0.2) is 4.98 Å². The number of hydrogen-bond donors (Lipinski definition) is 0. The Morgan fingerprint density at radius 1 is 1.15 bits per heavy atom. The molecule has 0 N–H and O–H groups in total. The molecule has 2 heteroatoms. The molecule has 70 valence electrons. The van der Waals surface area contributed by atoms with Crippen LogP contribution in [0.5, 0.6) is 0 Å². The van der Waals surface area contributed by atoms with E-state index in [-0.39, 0.29) is 0 Å². The second-order valence-corrected chi connectivity index (χ2v) is 3.64. The Labute approximate surface area is 83.4 Å². The smallest absolute Gasteiger partial charge is 0.0817 e. The molecule has 0 aliphatic heterocycles. The molecule has 0 fully saturated rings. The van der Waals surface area contributed by atoms with Crippen molar-refractivity contribution in [1.29, 1.82) is 0 Å². The van der Waals surface area contributed by atoms with Gasteiger partial charge in [0.2, 0.25) is 0 Å². The highest BCUT2D eigenvalue weighted by Gasteiger charge is 1.99. The van der Waals surface area contributed by atoms with Crippen LogP contribution in [0.25, 0.3) is 10.2 Å². The van der Waals surface area contributed by atoms with Gasteiger partial charge in [-0.05, 0) is 31.0 Å². The van der Waals surface area contributed by atoms with Gasteiger partial charge in [-0.3, -0.25) is 0 Å². The van der Waals surface area contributed by atoms with Crippen molar-refractivity contribution in [2.45, 2.75) is 27.7 Å². The zero-order chi connectivity index (χ0) is 9.84. The van der Waals surface area contributed by atoms with Crippen LogP contribution in [-0.2, 0) is 0 Å². The van der Waals surface area contributed by atoms with Crippen molar-refractivity contribution < 1.29 is 0 Å². The van der Waals surface area contributed by atoms with Gasteiger partial charge in [0.1, 0.15) is 0 Å². The van der Waals surface area contributed by atoms with Gasteiger partial charge in [-0.15, -0.1) is 11.3 Å². The predicted octanol–water partition coefficient (Wildman–Crippen LogP) is 3.94. The standard InChI is InChI=1S/C9H9NS.C2H6/c1-6-3-7(2)9-8(4-6)10-5-11-9;1-2/h3-5H,1-2H3;1-2H3. The highest BCUT2D eigenvalue weighted by atomic mass is 32.1. The minimum Gasteiger partial charge on any atom is -0.245 e. The van der Waals surface area contributed by atoms with Gasteiger partial charge >= 0.3 is 0 Å². The van der Waals surface area contributed by atoms with Crippen LogP contribution >= 0.6 is 11.3 Å². The van der Waals surface area contributed by atoms with Crippen molar-refractivity contribution in [1.82, 2.24) is 4.98 Å². The van der Waals surface area contributed by atoms with Crippen LogP contribution in [0, 0.1) is 13.8 Å². The molecule has 0 amide bonds. The SMILES string of the molecule is CC.Cc1cc(C)c2scnc2c1. The quantitative estimate of drug-likeness (QED) is 0.617. The highest BCUT2D eigenvalue weighted by Crippen LogP contribution is 2.22. The Morgan fingerprint density at radius 3 is 2.54 bits per heavy atom. The number of aromatic nitrogens is 1. The second-order valence-electron chi connectivity index (χ2n) is 2.78. The summed E-state index contributed by atoms with van der Waals surface area (Å²) in [6.45, 7) is 8.24. The number of thiazole rings is 1. The molecule has 2 aromatic rings. The number of benzene rings is 1. The maximum Gasteiger partial charge on any atom is 0.0817 e. The number of fused-ring (bicyclic) bond motifs is 1. The van der Waals surface area contributed by atoms with E-state index in [2.05, 4.69) is 31.0 Å². The Morgan fingerprint density at radius 2 is 1.85 bits per heavy atom. The van der Waals surface area contributed by atoms with E-state index in [1.165, 1.54) is 15.8 Å². The van der Waals surface area contributed by atoms with Crippen molar-refractivity contribution in [2.24, 2.45) is 0 Å². The van der Waals surface area contributed by atoms with Crippen molar-refractivity contribution >= 4 is 21.6 Å². The molecule has 0 aliphatic rings. The van der Waals surface area contributed by atoms with E-state index in [0.717, 1.165) is 5.52 Å². The van der Waals surface area contributed by atoms with E-state index in [0.29, 0.717) is 0 Å². The van der Waals surface area contributed by atoms with Gasteiger partial charge < -0.3 is 0 Å². The van der Waals surface area contributed by atoms with E-state index in [1.807, 2.05) is 19.4 Å². The van der Waals surface area contributed by atoms with Gasteiger partial charge in [-0.2, -0.15) is 0 Å². The summed E-state index contributed by atoms with van der Waals surface area (Å²) in [6.07, 6.45) is 0. The first-order valence-electron chi connectivity index (χ1n) is 4.58. The van der Waals surface area contributed by atoms with E-state index >= 15 is 0 Å². The largest absolute Gasteiger partial charge is 0.245 e. The fourth-order valence-corrected chi connectivity index (χ4v) is 2.07. The maximum atomic E-state index is 4.26. The van der Waals surface area contributed by atoms with Crippen LogP contribution in [0.3, 0.4) is 0 Å². The summed E-state index contributed by atoms with van der Waals surface area (Å²) >= 11 is 1.71. The fourth-order valence-electron chi connectivity index (χ4n) is 1.32. The summed E-state index contributed by atoms with van der Waals surface area (Å²) in [5.74, 6) is 0. The molecule has 0 bridgehead atoms. The van der Waals surface area contributed by atoms with Crippen LogP contribution in [0.15, 0.2) is 17.6 Å². The average molecular weight is 193 g/mol. The zero-order valence-corrected chi connectivity index (χ0v) is 9.40. The summed E-state index contributed by atoms with van der Waals surface area (Å²) in [5, 5.41) is 0. The van der Waals surface area contributed by atoms with Crippen LogP contribution in [-0.4, -0.2) is 4.98 Å². The van der Waals surface area contributed by atoms with Crippen molar-refractivity contribution in [2.75, 3.05) is 0 Å². The predicted molar refractivity (Wildman–Crippen MR) is 60.4 cm³/mol. The molecule has 1 aromatic carbocycles. The summed E-state index contributed by atoms with van der Waals surface area (Å²) in [7, 11) is 0. The molecular weight excluding hydrogens is 178 g/mol. The summed E-state index contributed by atoms with van der Waals surface area (Å²) in [4.78, 5) is 4.26. The van der Waals surface area contributed by atoms with E-state index in [9.17, 15) is 0 Å². The van der Waals surface area contributed by atoms with E-state index in [4.69, 9.17) is 0 Å². The third-order valence-electron chi connectivity index (χ3n) is 1.76. The molecular formula is C11H15NS. The minimum absolute atomic E-state index is 1.13. The second kappa shape index (κ2) is 4.38. The first kappa shape index (κ1) is 10.2. The van der Waals surface area contributed by atoms with Crippen molar-refractivity contribution in [3.05, 3.63) is 28.8 Å². The molecule has 0 spiro atoms. The Bertz CT molecular complexity index is 390. The minimum atomic E-state index is 1.13. The van der Waals surface area contributed by atoms with Gasteiger partial charge in [0.25, 0.3) is 0 Å². The average Bonchev–Trinajstić information content (AvgIpc) is 2.55. The van der Waals surface area contributed by atoms with Crippen molar-refractivity contribution in [3.63, 3.8) is 0 Å². The molecule has 1 heterocycles. The Balaban J connectivity index is 0.000000396. The highest BCUT2D eigenvalue weighted by molar-refractivity contribution is 7.16. The van der Waals surface area contributed by atoms with Crippen LogP contribution in [0.2, 0.25) is 0 Å². The van der Waals surface area contributed by atoms with Gasteiger partial charge in [0, 0.05) is 0 Å². The van der Waals surface area contributed by atoms with Crippen LogP contribution in [0.4, 0.5) is 0 Å². The summed E-state index contributed by atoms with van der Waals surface area (Å²) in [5.41, 5.74) is 5.66. The summed E-state index contributed by atoms with van der Waals surface area (Å²) < 4.78 is 1.32. The van der Waals surface area contributed by atoms with Crippen LogP contribution < -0.4 is 0 Å². The molecule has 0 aliphatic carbocycles. The normalized spacial score (nSPS) is 9.54. The van der Waals surface area contributed by atoms with Crippen LogP contribution in [0.1, 0.15) is 25.0 Å². The van der Waals surface area contributed by atoms with E-state index in [1.54, 1.807) is 11.3 Å². The first-order valence-corrected chi connectivity index (χ1v) is 5.46. The molecule has 2 rings (SSSR count).